The van der Waals surface area contributed by atoms with Crippen molar-refractivity contribution in [1.82, 2.24) is 15.3 Å². The van der Waals surface area contributed by atoms with E-state index < -0.39 is 29.5 Å². The fourth-order valence-corrected chi connectivity index (χ4v) is 2.69. The summed E-state index contributed by atoms with van der Waals surface area (Å²) in [6, 6.07) is 4.62. The molecule has 1 aliphatic rings. The molecular weight excluding hydrogens is 390 g/mol. The van der Waals surface area contributed by atoms with Crippen LogP contribution in [0.25, 0.3) is 0 Å². The zero-order chi connectivity index (χ0) is 21.0. The van der Waals surface area contributed by atoms with Gasteiger partial charge < -0.3 is 16.4 Å². The SMILES string of the molecule is Nc1ncccc1NCC1=CC(NC(=O)c2ccc(C(F)(F)F)cn2)CC=C1F. The molecule has 2 heterocycles. The molecule has 29 heavy (non-hydrogen) atoms. The van der Waals surface area contributed by atoms with Crippen molar-refractivity contribution in [2.45, 2.75) is 18.6 Å². The largest absolute Gasteiger partial charge is 0.417 e. The molecule has 0 fully saturated rings. The lowest BCUT2D eigenvalue weighted by Gasteiger charge is -2.20. The summed E-state index contributed by atoms with van der Waals surface area (Å²) in [5.41, 5.74) is 5.48. The first-order valence-electron chi connectivity index (χ1n) is 8.59. The summed E-state index contributed by atoms with van der Waals surface area (Å²) < 4.78 is 51.9. The lowest BCUT2D eigenvalue weighted by molar-refractivity contribution is -0.137. The lowest BCUT2D eigenvalue weighted by Crippen LogP contribution is -2.35. The van der Waals surface area contributed by atoms with Crippen molar-refractivity contribution >= 4 is 17.4 Å². The number of hydrogen-bond donors (Lipinski definition) is 3. The highest BCUT2D eigenvalue weighted by molar-refractivity contribution is 5.92. The van der Waals surface area contributed by atoms with E-state index in [4.69, 9.17) is 5.73 Å². The normalized spacial score (nSPS) is 16.6. The molecule has 0 radical (unpaired) electrons. The molecule has 1 aliphatic carbocycles. The second-order valence-electron chi connectivity index (χ2n) is 6.28. The van der Waals surface area contributed by atoms with E-state index in [9.17, 15) is 22.4 Å². The second kappa shape index (κ2) is 8.29. The summed E-state index contributed by atoms with van der Waals surface area (Å²) in [6.45, 7) is 0.114. The molecule has 6 nitrogen and oxygen atoms in total. The molecule has 0 saturated carbocycles. The molecule has 1 atom stereocenters. The molecule has 3 rings (SSSR count). The van der Waals surface area contributed by atoms with Gasteiger partial charge in [0.05, 0.1) is 17.3 Å². The number of anilines is 2. The number of rotatable bonds is 5. The van der Waals surface area contributed by atoms with Gasteiger partial charge in [-0.2, -0.15) is 13.2 Å². The van der Waals surface area contributed by atoms with Crippen LogP contribution in [-0.4, -0.2) is 28.5 Å². The van der Waals surface area contributed by atoms with E-state index in [-0.39, 0.29) is 24.5 Å². The van der Waals surface area contributed by atoms with Gasteiger partial charge in [-0.3, -0.25) is 9.78 Å². The minimum absolute atomic E-state index is 0.114. The number of halogens is 4. The number of nitrogens with two attached hydrogens (primary N) is 1. The third-order valence-electron chi connectivity index (χ3n) is 4.21. The molecule has 0 spiro atoms. The third-order valence-corrected chi connectivity index (χ3v) is 4.21. The summed E-state index contributed by atoms with van der Waals surface area (Å²) in [6.07, 6.45) is 0.666. The average Bonchev–Trinajstić information content (AvgIpc) is 2.69. The van der Waals surface area contributed by atoms with Gasteiger partial charge in [-0.25, -0.2) is 9.37 Å². The summed E-state index contributed by atoms with van der Waals surface area (Å²) in [4.78, 5) is 19.7. The van der Waals surface area contributed by atoms with Crippen LogP contribution in [0.5, 0.6) is 0 Å². The van der Waals surface area contributed by atoms with E-state index in [0.717, 1.165) is 12.1 Å². The maximum atomic E-state index is 14.1. The van der Waals surface area contributed by atoms with Crippen molar-refractivity contribution in [1.29, 1.82) is 0 Å². The highest BCUT2D eigenvalue weighted by Crippen LogP contribution is 2.28. The molecule has 1 amide bonds. The molecule has 0 aliphatic heterocycles. The Morgan fingerprint density at radius 2 is 2.03 bits per heavy atom. The number of amides is 1. The number of aromatic nitrogens is 2. The Kier molecular flexibility index (Phi) is 5.81. The van der Waals surface area contributed by atoms with Crippen LogP contribution in [0.1, 0.15) is 22.5 Å². The van der Waals surface area contributed by atoms with Crippen molar-refractivity contribution in [2.75, 3.05) is 17.6 Å². The van der Waals surface area contributed by atoms with Gasteiger partial charge in [0.25, 0.3) is 5.91 Å². The Morgan fingerprint density at radius 1 is 1.24 bits per heavy atom. The minimum atomic E-state index is -4.53. The highest BCUT2D eigenvalue weighted by Gasteiger charge is 2.31. The highest BCUT2D eigenvalue weighted by atomic mass is 19.4. The van der Waals surface area contributed by atoms with E-state index in [2.05, 4.69) is 20.6 Å². The number of carbonyl (C=O) groups excluding carboxylic acids is 1. The molecule has 4 N–H and O–H groups in total. The first-order valence-corrected chi connectivity index (χ1v) is 8.59. The molecule has 0 aromatic carbocycles. The van der Waals surface area contributed by atoms with Crippen LogP contribution in [0.15, 0.2) is 60.2 Å². The number of nitrogens with one attached hydrogen (secondary N) is 2. The van der Waals surface area contributed by atoms with E-state index in [1.54, 1.807) is 12.1 Å². The van der Waals surface area contributed by atoms with Gasteiger partial charge in [-0.15, -0.1) is 0 Å². The maximum absolute atomic E-state index is 14.1. The zero-order valence-corrected chi connectivity index (χ0v) is 15.0. The molecule has 0 bridgehead atoms. The Morgan fingerprint density at radius 3 is 2.69 bits per heavy atom. The number of pyridine rings is 2. The topological polar surface area (TPSA) is 92.9 Å². The van der Waals surface area contributed by atoms with Crippen LogP contribution in [0, 0.1) is 0 Å². The molecular formula is C19H17F4N5O. The minimum Gasteiger partial charge on any atom is -0.382 e. The Labute approximate surface area is 163 Å². The third kappa shape index (κ3) is 5.09. The van der Waals surface area contributed by atoms with Gasteiger partial charge in [-0.1, -0.05) is 6.08 Å². The van der Waals surface area contributed by atoms with Crippen LogP contribution in [-0.2, 0) is 6.18 Å². The Hall–Kier alpha value is -3.43. The van der Waals surface area contributed by atoms with E-state index in [0.29, 0.717) is 17.5 Å². The quantitative estimate of drug-likeness (QED) is 0.660. The van der Waals surface area contributed by atoms with E-state index in [1.165, 1.54) is 18.3 Å². The monoisotopic (exact) mass is 407 g/mol. The van der Waals surface area contributed by atoms with Crippen molar-refractivity contribution in [3.05, 3.63) is 71.5 Å². The summed E-state index contributed by atoms with van der Waals surface area (Å²) in [5, 5.41) is 5.59. The Bertz CT molecular complexity index is 954. The standard InChI is InChI=1S/C19H17F4N5O/c20-14-5-4-13(8-11(14)9-26-15-2-1-7-25-17(15)24)28-18(29)16-6-3-12(10-27-16)19(21,22)23/h1-3,5-8,10,13,26H,4,9H2,(H2,24,25)(H,28,29). The number of nitrogen functional groups attached to an aromatic ring is 1. The van der Waals surface area contributed by atoms with E-state index in [1.807, 2.05) is 0 Å². The fraction of sp³-hybridized carbons (Fsp3) is 0.211. The van der Waals surface area contributed by atoms with Crippen molar-refractivity contribution < 1.29 is 22.4 Å². The van der Waals surface area contributed by atoms with Crippen LogP contribution in [0.2, 0.25) is 0 Å². The van der Waals surface area contributed by atoms with Crippen LogP contribution in [0.4, 0.5) is 29.1 Å². The van der Waals surface area contributed by atoms with Gasteiger partial charge in [0.2, 0.25) is 0 Å². The molecule has 0 saturated heterocycles. The number of nitrogens with zero attached hydrogens (tertiary/aromatic N) is 2. The van der Waals surface area contributed by atoms with Crippen LogP contribution < -0.4 is 16.4 Å². The second-order valence-corrected chi connectivity index (χ2v) is 6.28. The molecule has 152 valence electrons. The van der Waals surface area contributed by atoms with Gasteiger partial charge in [0.15, 0.2) is 0 Å². The van der Waals surface area contributed by atoms with Gasteiger partial charge in [0, 0.05) is 24.5 Å². The predicted molar refractivity (Wildman–Crippen MR) is 99.5 cm³/mol. The molecule has 2 aromatic heterocycles. The summed E-state index contributed by atoms with van der Waals surface area (Å²) >= 11 is 0. The smallest absolute Gasteiger partial charge is 0.382 e. The molecule has 2 aromatic rings. The maximum Gasteiger partial charge on any atom is 0.417 e. The van der Waals surface area contributed by atoms with Gasteiger partial charge in [-0.05, 0) is 36.8 Å². The van der Waals surface area contributed by atoms with Gasteiger partial charge in [0.1, 0.15) is 17.3 Å². The van der Waals surface area contributed by atoms with Crippen molar-refractivity contribution in [3.63, 3.8) is 0 Å². The number of carbonyl (C=O) groups is 1. The molecule has 10 heteroatoms. The molecule has 1 unspecified atom stereocenters. The first-order chi connectivity index (χ1) is 13.7. The van der Waals surface area contributed by atoms with Crippen LogP contribution >= 0.6 is 0 Å². The fourth-order valence-electron chi connectivity index (χ4n) is 2.69. The number of hydrogen-bond acceptors (Lipinski definition) is 5. The number of alkyl halides is 3. The Balaban J connectivity index is 1.65. The average molecular weight is 407 g/mol. The zero-order valence-electron chi connectivity index (χ0n) is 15.0. The van der Waals surface area contributed by atoms with Crippen molar-refractivity contribution in [2.24, 2.45) is 0 Å². The first kappa shape index (κ1) is 20.3. The van der Waals surface area contributed by atoms with Crippen LogP contribution in [0.3, 0.4) is 0 Å². The van der Waals surface area contributed by atoms with Gasteiger partial charge >= 0.3 is 6.18 Å². The van der Waals surface area contributed by atoms with E-state index >= 15 is 0 Å². The lowest BCUT2D eigenvalue weighted by atomic mass is 10.0. The van der Waals surface area contributed by atoms with Crippen molar-refractivity contribution in [3.8, 4) is 0 Å². The summed E-state index contributed by atoms with van der Waals surface area (Å²) in [7, 11) is 0. The summed E-state index contributed by atoms with van der Waals surface area (Å²) in [5.74, 6) is -0.816. The predicted octanol–water partition coefficient (Wildman–Crippen LogP) is 3.47.